The fourth-order valence-corrected chi connectivity index (χ4v) is 4.59. The van der Waals surface area contributed by atoms with Crippen LogP contribution in [0.3, 0.4) is 0 Å². The highest BCUT2D eigenvalue weighted by molar-refractivity contribution is 5.91. The lowest BCUT2D eigenvalue weighted by Crippen LogP contribution is -2.28. The van der Waals surface area contributed by atoms with Crippen molar-refractivity contribution in [2.75, 3.05) is 17.7 Å². The topological polar surface area (TPSA) is 51.4 Å². The molecule has 1 aromatic heterocycles. The van der Waals surface area contributed by atoms with E-state index in [0.29, 0.717) is 17.8 Å². The quantitative estimate of drug-likeness (QED) is 0.406. The Morgan fingerprint density at radius 1 is 1.03 bits per heavy atom. The summed E-state index contributed by atoms with van der Waals surface area (Å²) in [4.78, 5) is 6.98. The highest BCUT2D eigenvalue weighted by Crippen LogP contribution is 2.41. The minimum absolute atomic E-state index is 0.00237. The first kappa shape index (κ1) is 20.2. The Balaban J connectivity index is 1.62. The molecule has 0 amide bonds. The second-order valence-corrected chi connectivity index (χ2v) is 8.11. The van der Waals surface area contributed by atoms with Gasteiger partial charge in [-0.2, -0.15) is 0 Å². The van der Waals surface area contributed by atoms with Crippen LogP contribution in [0.4, 0.5) is 20.3 Å². The van der Waals surface area contributed by atoms with E-state index in [4.69, 9.17) is 15.5 Å². The number of hydrogen-bond acceptors (Lipinski definition) is 4. The maximum absolute atomic E-state index is 13.9. The van der Waals surface area contributed by atoms with Crippen molar-refractivity contribution in [1.29, 1.82) is 0 Å². The number of nitrogen functional groups attached to an aromatic ring is 1. The molecule has 32 heavy (non-hydrogen) atoms. The van der Waals surface area contributed by atoms with Crippen LogP contribution in [-0.4, -0.2) is 12.1 Å². The summed E-state index contributed by atoms with van der Waals surface area (Å²) < 4.78 is 33.3. The third kappa shape index (κ3) is 3.73. The average molecular weight is 431 g/mol. The zero-order chi connectivity index (χ0) is 22.2. The Morgan fingerprint density at radius 2 is 1.84 bits per heavy atom. The first-order chi connectivity index (χ1) is 15.5. The lowest BCUT2D eigenvalue weighted by atomic mass is 10.0. The highest BCUT2D eigenvalue weighted by atomic mass is 19.1. The van der Waals surface area contributed by atoms with Gasteiger partial charge in [0.2, 0.25) is 0 Å². The summed E-state index contributed by atoms with van der Waals surface area (Å²) in [6.07, 6.45) is 1.79. The Bertz CT molecular complexity index is 1290. The Hall–Kier alpha value is -3.67. The van der Waals surface area contributed by atoms with Crippen LogP contribution in [0.2, 0.25) is 0 Å². The van der Waals surface area contributed by atoms with Gasteiger partial charge in [-0.05, 0) is 78.1 Å². The number of methoxy groups -OCH3 is 1. The van der Waals surface area contributed by atoms with Crippen molar-refractivity contribution < 1.29 is 13.5 Å². The number of nitrogens with two attached hydrogens (primary N) is 1. The molecule has 5 rings (SSSR count). The first-order valence-electron chi connectivity index (χ1n) is 10.6. The minimum Gasteiger partial charge on any atom is -0.497 e. The van der Waals surface area contributed by atoms with Crippen molar-refractivity contribution in [1.82, 2.24) is 4.98 Å². The molecule has 0 saturated heterocycles. The van der Waals surface area contributed by atoms with Gasteiger partial charge in [-0.25, -0.2) is 13.8 Å². The van der Waals surface area contributed by atoms with E-state index in [9.17, 15) is 8.78 Å². The zero-order valence-corrected chi connectivity index (χ0v) is 17.7. The molecule has 3 aromatic carbocycles. The summed E-state index contributed by atoms with van der Waals surface area (Å²) in [7, 11) is 1.65. The lowest BCUT2D eigenvalue weighted by Gasteiger charge is -2.31. The summed E-state index contributed by atoms with van der Waals surface area (Å²) >= 11 is 0. The Labute approximate surface area is 185 Å². The molecule has 0 spiro atoms. The SMILES string of the molecule is COc1ccc2c(c1)C(N(Cc1cc(F)cc(F)c1)c1ccc3c(N)cccc3n1)CC2. The van der Waals surface area contributed by atoms with E-state index >= 15 is 0 Å². The van der Waals surface area contributed by atoms with Gasteiger partial charge in [-0.15, -0.1) is 0 Å². The second-order valence-electron chi connectivity index (χ2n) is 8.11. The van der Waals surface area contributed by atoms with Gasteiger partial charge < -0.3 is 15.4 Å². The number of anilines is 2. The third-order valence-electron chi connectivity index (χ3n) is 6.10. The first-order valence-corrected chi connectivity index (χ1v) is 10.6. The van der Waals surface area contributed by atoms with Gasteiger partial charge in [0.1, 0.15) is 23.2 Å². The van der Waals surface area contributed by atoms with E-state index < -0.39 is 11.6 Å². The smallest absolute Gasteiger partial charge is 0.130 e. The van der Waals surface area contributed by atoms with E-state index in [1.165, 1.54) is 17.7 Å². The number of hydrogen-bond donors (Lipinski definition) is 1. The summed E-state index contributed by atoms with van der Waals surface area (Å²) in [5.74, 6) is 0.334. The largest absolute Gasteiger partial charge is 0.497 e. The molecule has 0 fully saturated rings. The molecule has 1 atom stereocenters. The van der Waals surface area contributed by atoms with E-state index in [1.807, 2.05) is 42.5 Å². The molecular formula is C26H23F2N3O. The normalized spacial score (nSPS) is 15.0. The van der Waals surface area contributed by atoms with Crippen LogP contribution in [-0.2, 0) is 13.0 Å². The fourth-order valence-electron chi connectivity index (χ4n) is 4.59. The Morgan fingerprint density at radius 3 is 2.62 bits per heavy atom. The standard InChI is InChI=1S/C26H23F2N3O/c1-32-20-7-5-17-6-9-25(22(17)14-20)31(15-16-11-18(27)13-19(28)12-16)26-10-8-21-23(29)3-2-4-24(21)30-26/h2-5,7-8,10-14,25H,6,9,15,29H2,1H3. The maximum Gasteiger partial charge on any atom is 0.130 e. The molecule has 0 bridgehead atoms. The second kappa shape index (κ2) is 8.11. The summed E-state index contributed by atoms with van der Waals surface area (Å²) in [6, 6.07) is 19.2. The number of aromatic nitrogens is 1. The van der Waals surface area contributed by atoms with Crippen LogP contribution in [0, 0.1) is 11.6 Å². The van der Waals surface area contributed by atoms with Gasteiger partial charge in [0.15, 0.2) is 0 Å². The Kier molecular flexibility index (Phi) is 5.13. The van der Waals surface area contributed by atoms with E-state index in [2.05, 4.69) is 11.0 Å². The maximum atomic E-state index is 13.9. The number of benzene rings is 3. The van der Waals surface area contributed by atoms with Gasteiger partial charge >= 0.3 is 0 Å². The van der Waals surface area contributed by atoms with E-state index in [-0.39, 0.29) is 6.04 Å². The molecule has 0 aliphatic heterocycles. The molecule has 4 nitrogen and oxygen atoms in total. The van der Waals surface area contributed by atoms with Crippen LogP contribution in [0.15, 0.2) is 66.7 Å². The zero-order valence-electron chi connectivity index (χ0n) is 17.7. The predicted octanol–water partition coefficient (Wildman–Crippen LogP) is 5.80. The van der Waals surface area contributed by atoms with E-state index in [1.54, 1.807) is 7.11 Å². The van der Waals surface area contributed by atoms with Crippen LogP contribution in [0.25, 0.3) is 10.9 Å². The number of halogens is 2. The van der Waals surface area contributed by atoms with Crippen LogP contribution >= 0.6 is 0 Å². The molecule has 4 aromatic rings. The summed E-state index contributed by atoms with van der Waals surface area (Å²) in [5, 5.41) is 0.876. The van der Waals surface area contributed by atoms with Crippen LogP contribution in [0.5, 0.6) is 5.75 Å². The number of ether oxygens (including phenoxy) is 1. The van der Waals surface area contributed by atoms with Crippen molar-refractivity contribution in [2.45, 2.75) is 25.4 Å². The van der Waals surface area contributed by atoms with E-state index in [0.717, 1.165) is 46.9 Å². The molecule has 0 radical (unpaired) electrons. The van der Waals surface area contributed by atoms with Crippen molar-refractivity contribution in [3.8, 4) is 5.75 Å². The highest BCUT2D eigenvalue weighted by Gasteiger charge is 2.30. The van der Waals surface area contributed by atoms with Gasteiger partial charge in [0.25, 0.3) is 0 Å². The molecule has 0 saturated carbocycles. The number of nitrogens with zero attached hydrogens (tertiary/aromatic N) is 2. The third-order valence-corrected chi connectivity index (χ3v) is 6.10. The summed E-state index contributed by atoms with van der Waals surface area (Å²) in [6.45, 7) is 0.316. The monoisotopic (exact) mass is 431 g/mol. The number of fused-ring (bicyclic) bond motifs is 2. The molecule has 1 unspecified atom stereocenters. The molecule has 162 valence electrons. The molecule has 2 N–H and O–H groups in total. The average Bonchev–Trinajstić information content (AvgIpc) is 3.19. The number of aryl methyl sites for hydroxylation is 1. The van der Waals surface area contributed by atoms with Gasteiger partial charge in [0, 0.05) is 23.7 Å². The number of rotatable bonds is 5. The molecule has 1 aliphatic rings. The van der Waals surface area contributed by atoms with Crippen molar-refractivity contribution >= 4 is 22.4 Å². The van der Waals surface area contributed by atoms with Crippen LogP contribution in [0.1, 0.15) is 29.2 Å². The van der Waals surface area contributed by atoms with Crippen molar-refractivity contribution in [3.05, 3.63) is 95.1 Å². The van der Waals surface area contributed by atoms with Gasteiger partial charge in [-0.1, -0.05) is 12.1 Å². The van der Waals surface area contributed by atoms with Crippen molar-refractivity contribution in [3.63, 3.8) is 0 Å². The lowest BCUT2D eigenvalue weighted by molar-refractivity contribution is 0.414. The molecule has 1 aliphatic carbocycles. The molecule has 1 heterocycles. The predicted molar refractivity (Wildman–Crippen MR) is 123 cm³/mol. The molecule has 6 heteroatoms. The number of pyridine rings is 1. The van der Waals surface area contributed by atoms with Crippen molar-refractivity contribution in [2.24, 2.45) is 0 Å². The minimum atomic E-state index is -0.590. The van der Waals surface area contributed by atoms with Gasteiger partial charge in [-0.3, -0.25) is 0 Å². The summed E-state index contributed by atoms with van der Waals surface area (Å²) in [5.41, 5.74) is 10.5. The molecular weight excluding hydrogens is 408 g/mol. The van der Waals surface area contributed by atoms with Gasteiger partial charge in [0.05, 0.1) is 18.7 Å². The fraction of sp³-hybridized carbons (Fsp3) is 0.192. The van der Waals surface area contributed by atoms with Crippen LogP contribution < -0.4 is 15.4 Å².